The molecule has 4 aromatic rings. The van der Waals surface area contributed by atoms with Crippen LogP contribution in [0.25, 0.3) is 0 Å². The van der Waals surface area contributed by atoms with Crippen molar-refractivity contribution in [2.75, 3.05) is 6.61 Å². The lowest BCUT2D eigenvalue weighted by Gasteiger charge is -2.12. The molecular formula is C23H18ClF3N4O4. The van der Waals surface area contributed by atoms with E-state index in [1.54, 1.807) is 31.2 Å². The van der Waals surface area contributed by atoms with Crippen molar-refractivity contribution in [3.05, 3.63) is 92.4 Å². The fraction of sp³-hybridized carbons (Fsp3) is 0.217. The quantitative estimate of drug-likeness (QED) is 0.353. The number of hydrogen-bond acceptors (Lipinski definition) is 7. The van der Waals surface area contributed by atoms with Crippen molar-refractivity contribution >= 4 is 11.6 Å². The molecule has 2 aromatic carbocycles. The van der Waals surface area contributed by atoms with E-state index in [-0.39, 0.29) is 24.8 Å². The highest BCUT2D eigenvalue weighted by atomic mass is 35.5. The first-order valence-electron chi connectivity index (χ1n) is 10.3. The number of nitrogens with one attached hydrogen (secondary N) is 1. The van der Waals surface area contributed by atoms with Gasteiger partial charge in [-0.25, -0.2) is 0 Å². The maximum atomic E-state index is 13.0. The number of nitrogens with zero attached hydrogens (tertiary/aromatic N) is 3. The van der Waals surface area contributed by atoms with Gasteiger partial charge >= 0.3 is 6.18 Å². The van der Waals surface area contributed by atoms with E-state index in [0.29, 0.717) is 29.4 Å². The topological polar surface area (TPSA) is 103 Å². The van der Waals surface area contributed by atoms with Gasteiger partial charge in [-0.1, -0.05) is 28.9 Å². The zero-order valence-corrected chi connectivity index (χ0v) is 19.0. The van der Waals surface area contributed by atoms with Gasteiger partial charge in [-0.05, 0) is 42.8 Å². The summed E-state index contributed by atoms with van der Waals surface area (Å²) in [5.41, 5.74) is -0.184. The average Bonchev–Trinajstić information content (AvgIpc) is 3.22. The van der Waals surface area contributed by atoms with Crippen molar-refractivity contribution < 1.29 is 27.2 Å². The van der Waals surface area contributed by atoms with Gasteiger partial charge < -0.3 is 19.0 Å². The first kappa shape index (κ1) is 24.3. The second kappa shape index (κ2) is 10.2. The molecule has 0 aliphatic carbocycles. The zero-order chi connectivity index (χ0) is 25.0. The molecule has 0 unspecified atom stereocenters. The lowest BCUT2D eigenvalue weighted by atomic mass is 10.1. The van der Waals surface area contributed by atoms with E-state index < -0.39 is 22.3 Å². The van der Waals surface area contributed by atoms with Crippen molar-refractivity contribution in [2.24, 2.45) is 0 Å². The van der Waals surface area contributed by atoms with Gasteiger partial charge in [0.25, 0.3) is 11.6 Å². The van der Waals surface area contributed by atoms with Gasteiger partial charge in [0.1, 0.15) is 11.5 Å². The van der Waals surface area contributed by atoms with Gasteiger partial charge in [-0.15, -0.1) is 0 Å². The Morgan fingerprint density at radius 2 is 1.83 bits per heavy atom. The normalized spacial score (nSPS) is 11.5. The molecule has 0 radical (unpaired) electrons. The number of aryl methyl sites for hydroxylation is 1. The van der Waals surface area contributed by atoms with Crippen molar-refractivity contribution in [2.45, 2.75) is 25.9 Å². The zero-order valence-electron chi connectivity index (χ0n) is 18.2. The van der Waals surface area contributed by atoms with Crippen molar-refractivity contribution in [3.63, 3.8) is 0 Å². The van der Waals surface area contributed by atoms with Crippen LogP contribution in [0.4, 0.5) is 13.2 Å². The number of benzene rings is 2. The summed E-state index contributed by atoms with van der Waals surface area (Å²) >= 11 is 5.63. The molecule has 0 saturated carbocycles. The van der Waals surface area contributed by atoms with E-state index in [2.05, 4.69) is 20.1 Å². The minimum atomic E-state index is -4.58. The van der Waals surface area contributed by atoms with Crippen LogP contribution in [-0.2, 0) is 19.0 Å². The molecule has 0 amide bonds. The number of aromatic nitrogens is 4. The molecule has 0 bridgehead atoms. The highest BCUT2D eigenvalue weighted by molar-refractivity contribution is 6.31. The standard InChI is InChI=1S/C23H18ClF3N4O4/c1-13-29-20(35-31-13)10-15-12-28-22(30-21(15)32)33-9-8-14-2-4-16(5-3-14)34-17-6-7-19(24)18(11-17)23(25,26)27/h2-7,11-12H,8-10H2,1H3,(H,28,30,32). The Labute approximate surface area is 201 Å². The Balaban J connectivity index is 1.30. The van der Waals surface area contributed by atoms with Crippen LogP contribution in [0.5, 0.6) is 17.5 Å². The first-order valence-corrected chi connectivity index (χ1v) is 10.7. The number of rotatable bonds is 8. The highest BCUT2D eigenvalue weighted by Crippen LogP contribution is 2.37. The third-order valence-electron chi connectivity index (χ3n) is 4.79. The van der Waals surface area contributed by atoms with Crippen LogP contribution in [0.1, 0.15) is 28.4 Å². The van der Waals surface area contributed by atoms with E-state index in [1.807, 2.05) is 0 Å². The van der Waals surface area contributed by atoms with E-state index in [1.165, 1.54) is 12.3 Å². The van der Waals surface area contributed by atoms with E-state index >= 15 is 0 Å². The molecule has 182 valence electrons. The molecule has 0 saturated heterocycles. The lowest BCUT2D eigenvalue weighted by molar-refractivity contribution is -0.137. The van der Waals surface area contributed by atoms with Crippen molar-refractivity contribution in [3.8, 4) is 17.5 Å². The number of ether oxygens (including phenoxy) is 2. The van der Waals surface area contributed by atoms with Crippen LogP contribution in [0.15, 0.2) is 58.0 Å². The minimum Gasteiger partial charge on any atom is -0.464 e. The molecule has 12 heteroatoms. The summed E-state index contributed by atoms with van der Waals surface area (Å²) in [6.45, 7) is 1.91. The highest BCUT2D eigenvalue weighted by Gasteiger charge is 2.33. The van der Waals surface area contributed by atoms with Gasteiger partial charge in [-0.3, -0.25) is 4.79 Å². The van der Waals surface area contributed by atoms with E-state index in [0.717, 1.165) is 17.7 Å². The average molecular weight is 507 g/mol. The SMILES string of the molecule is Cc1noc(Cc2c[nH]c(OCCc3ccc(Oc4ccc(Cl)c(C(F)(F)F)c4)cc3)nc2=O)n1. The van der Waals surface area contributed by atoms with Crippen molar-refractivity contribution in [1.82, 2.24) is 20.1 Å². The number of H-pyrrole nitrogens is 1. The Hall–Kier alpha value is -3.86. The molecule has 0 spiro atoms. The number of hydrogen-bond donors (Lipinski definition) is 1. The molecule has 35 heavy (non-hydrogen) atoms. The Morgan fingerprint density at radius 1 is 1.09 bits per heavy atom. The smallest absolute Gasteiger partial charge is 0.417 e. The monoisotopic (exact) mass is 506 g/mol. The van der Waals surface area contributed by atoms with Crippen LogP contribution in [0.2, 0.25) is 5.02 Å². The Kier molecular flexibility index (Phi) is 7.06. The summed E-state index contributed by atoms with van der Waals surface area (Å²) in [6.07, 6.45) is -2.44. The van der Waals surface area contributed by atoms with Crippen molar-refractivity contribution in [1.29, 1.82) is 0 Å². The van der Waals surface area contributed by atoms with E-state index in [4.69, 9.17) is 25.6 Å². The fourth-order valence-electron chi connectivity index (χ4n) is 3.09. The molecule has 0 aliphatic heterocycles. The molecular weight excluding hydrogens is 489 g/mol. The molecule has 8 nitrogen and oxygen atoms in total. The van der Waals surface area contributed by atoms with E-state index in [9.17, 15) is 18.0 Å². The van der Waals surface area contributed by atoms with Gasteiger partial charge in [0.15, 0.2) is 5.82 Å². The van der Waals surface area contributed by atoms with Gasteiger partial charge in [0.05, 0.1) is 23.6 Å². The largest absolute Gasteiger partial charge is 0.464 e. The predicted octanol–water partition coefficient (Wildman–Crippen LogP) is 5.14. The van der Waals surface area contributed by atoms with Crippen LogP contribution in [-0.4, -0.2) is 26.7 Å². The maximum Gasteiger partial charge on any atom is 0.417 e. The molecule has 2 heterocycles. The van der Waals surface area contributed by atoms with Crippen LogP contribution in [0.3, 0.4) is 0 Å². The lowest BCUT2D eigenvalue weighted by Crippen LogP contribution is -2.16. The first-order chi connectivity index (χ1) is 16.7. The number of halogens is 4. The van der Waals surface area contributed by atoms with Crippen LogP contribution >= 0.6 is 11.6 Å². The second-order valence-electron chi connectivity index (χ2n) is 7.43. The molecule has 2 aromatic heterocycles. The molecule has 0 aliphatic rings. The molecule has 1 N–H and O–H groups in total. The van der Waals surface area contributed by atoms with Crippen LogP contribution in [0, 0.1) is 6.92 Å². The third kappa shape index (κ3) is 6.38. The third-order valence-corrected chi connectivity index (χ3v) is 5.12. The van der Waals surface area contributed by atoms with Gasteiger partial charge in [-0.2, -0.15) is 23.1 Å². The fourth-order valence-corrected chi connectivity index (χ4v) is 3.32. The Morgan fingerprint density at radius 3 is 2.49 bits per heavy atom. The minimum absolute atomic E-state index is 0.0190. The molecule has 0 atom stereocenters. The predicted molar refractivity (Wildman–Crippen MR) is 119 cm³/mol. The molecule has 4 rings (SSSR count). The molecule has 0 fully saturated rings. The number of aromatic amines is 1. The Bertz CT molecular complexity index is 1370. The summed E-state index contributed by atoms with van der Waals surface area (Å²) in [4.78, 5) is 22.9. The van der Waals surface area contributed by atoms with Crippen LogP contribution < -0.4 is 15.0 Å². The summed E-state index contributed by atoms with van der Waals surface area (Å²) in [6, 6.07) is 10.2. The summed E-state index contributed by atoms with van der Waals surface area (Å²) in [7, 11) is 0. The summed E-state index contributed by atoms with van der Waals surface area (Å²) in [5, 5.41) is 3.28. The van der Waals surface area contributed by atoms with Gasteiger partial charge in [0.2, 0.25) is 5.89 Å². The number of alkyl halides is 3. The van der Waals surface area contributed by atoms with Gasteiger partial charge in [0, 0.05) is 18.2 Å². The second-order valence-corrected chi connectivity index (χ2v) is 7.84. The maximum absolute atomic E-state index is 13.0. The summed E-state index contributed by atoms with van der Waals surface area (Å²) < 4.78 is 55.1. The summed E-state index contributed by atoms with van der Waals surface area (Å²) in [5.74, 6) is 1.17.